The van der Waals surface area contributed by atoms with Gasteiger partial charge >= 0.3 is 5.97 Å². The number of hydrogen-bond donors (Lipinski definition) is 0. The zero-order valence-electron chi connectivity index (χ0n) is 13.4. The van der Waals surface area contributed by atoms with Crippen molar-refractivity contribution in [2.24, 2.45) is 0 Å². The van der Waals surface area contributed by atoms with Gasteiger partial charge in [0.15, 0.2) is 16.4 Å². The summed E-state index contributed by atoms with van der Waals surface area (Å²) in [6.45, 7) is 0. The molecule has 25 heavy (non-hydrogen) atoms. The lowest BCUT2D eigenvalue weighted by Crippen LogP contribution is -2.13. The summed E-state index contributed by atoms with van der Waals surface area (Å²) in [6, 6.07) is 19.5. The molecule has 5 heteroatoms. The molecule has 0 saturated carbocycles. The number of halogens is 1. The molecule has 1 unspecified atom stereocenters. The molecule has 1 aliphatic rings. The van der Waals surface area contributed by atoms with Gasteiger partial charge in [0.2, 0.25) is 9.79 Å². The van der Waals surface area contributed by atoms with Crippen LogP contribution in [0.1, 0.15) is 10.4 Å². The van der Waals surface area contributed by atoms with Crippen molar-refractivity contribution in [2.75, 3.05) is 7.11 Å². The van der Waals surface area contributed by atoms with Crippen molar-refractivity contribution in [3.63, 3.8) is 0 Å². The van der Waals surface area contributed by atoms with Crippen LogP contribution >= 0.6 is 0 Å². The predicted molar refractivity (Wildman–Crippen MR) is 92.9 cm³/mol. The SMILES string of the molecule is COC(=O)c1ccc2c(c1)Oc1ccccc1[S+]2c1cccc(F)c1. The van der Waals surface area contributed by atoms with Gasteiger partial charge in [-0.2, -0.15) is 0 Å². The molecular formula is C20H14FO3S+. The second-order valence-electron chi connectivity index (χ2n) is 5.47. The van der Waals surface area contributed by atoms with E-state index in [4.69, 9.17) is 9.47 Å². The van der Waals surface area contributed by atoms with Crippen molar-refractivity contribution in [1.29, 1.82) is 0 Å². The lowest BCUT2D eigenvalue weighted by molar-refractivity contribution is 0.0600. The van der Waals surface area contributed by atoms with Gasteiger partial charge in [-0.1, -0.05) is 18.2 Å². The summed E-state index contributed by atoms with van der Waals surface area (Å²) in [7, 11) is 0.834. The summed E-state index contributed by atoms with van der Waals surface area (Å²) < 4.78 is 24.6. The average Bonchev–Trinajstić information content (AvgIpc) is 2.64. The molecule has 3 aromatic carbocycles. The second-order valence-corrected chi connectivity index (χ2v) is 7.43. The normalized spacial score (nSPS) is 14.9. The lowest BCUT2D eigenvalue weighted by atomic mass is 10.2. The maximum Gasteiger partial charge on any atom is 0.337 e. The van der Waals surface area contributed by atoms with Crippen LogP contribution in [0.3, 0.4) is 0 Å². The Morgan fingerprint density at radius 1 is 0.960 bits per heavy atom. The van der Waals surface area contributed by atoms with Gasteiger partial charge in [0.1, 0.15) is 16.7 Å². The van der Waals surface area contributed by atoms with Gasteiger partial charge in [-0.15, -0.1) is 0 Å². The summed E-state index contributed by atoms with van der Waals surface area (Å²) in [5.74, 6) is 0.608. The van der Waals surface area contributed by atoms with Gasteiger partial charge in [-0.3, -0.25) is 0 Å². The quantitative estimate of drug-likeness (QED) is 0.383. The van der Waals surface area contributed by atoms with Gasteiger partial charge < -0.3 is 9.47 Å². The summed E-state index contributed by atoms with van der Waals surface area (Å²) >= 11 is 0. The highest BCUT2D eigenvalue weighted by Gasteiger charge is 2.39. The molecule has 0 aliphatic carbocycles. The number of fused-ring (bicyclic) bond motifs is 2. The number of carbonyl (C=O) groups excluding carboxylic acids is 1. The van der Waals surface area contributed by atoms with Crippen LogP contribution in [0.5, 0.6) is 11.5 Å². The van der Waals surface area contributed by atoms with Crippen LogP contribution in [0.2, 0.25) is 0 Å². The number of ether oxygens (including phenoxy) is 2. The fourth-order valence-electron chi connectivity index (χ4n) is 2.79. The van der Waals surface area contributed by atoms with E-state index in [9.17, 15) is 9.18 Å². The number of para-hydroxylation sites is 1. The number of benzene rings is 3. The van der Waals surface area contributed by atoms with E-state index >= 15 is 0 Å². The molecule has 1 heterocycles. The standard InChI is InChI=1S/C20H14FO3S/c1-23-20(22)13-9-10-19-17(11-13)24-16-7-2-3-8-18(16)25(19)15-6-4-5-14(21)12-15/h2-12H,1H3/q+1. The topological polar surface area (TPSA) is 35.5 Å². The first kappa shape index (κ1) is 15.7. The van der Waals surface area contributed by atoms with Crippen molar-refractivity contribution in [3.05, 3.63) is 78.1 Å². The molecule has 1 atom stereocenters. The van der Waals surface area contributed by atoms with E-state index in [-0.39, 0.29) is 5.82 Å². The predicted octanol–water partition coefficient (Wildman–Crippen LogP) is 4.81. The van der Waals surface area contributed by atoms with E-state index in [2.05, 4.69) is 0 Å². The Hall–Kier alpha value is -2.79. The largest absolute Gasteiger partial charge is 0.465 e. The Morgan fingerprint density at radius 2 is 1.76 bits per heavy atom. The third kappa shape index (κ3) is 2.76. The Labute approximate surface area is 147 Å². The van der Waals surface area contributed by atoms with Crippen LogP contribution in [0.25, 0.3) is 0 Å². The third-order valence-corrected chi connectivity index (χ3v) is 6.19. The summed E-state index contributed by atoms with van der Waals surface area (Å²) in [4.78, 5) is 14.6. The molecule has 0 spiro atoms. The average molecular weight is 353 g/mol. The Kier molecular flexibility index (Phi) is 3.93. The van der Waals surface area contributed by atoms with Crippen LogP contribution in [0, 0.1) is 5.82 Å². The molecule has 3 nitrogen and oxygen atoms in total. The molecule has 1 aliphatic heterocycles. The third-order valence-electron chi connectivity index (χ3n) is 3.91. The fraction of sp³-hybridized carbons (Fsp3) is 0.0500. The summed E-state index contributed by atoms with van der Waals surface area (Å²) in [5.41, 5.74) is 0.420. The Morgan fingerprint density at radius 3 is 2.56 bits per heavy atom. The number of esters is 1. The van der Waals surface area contributed by atoms with Crippen LogP contribution in [0.15, 0.2) is 81.4 Å². The monoisotopic (exact) mass is 353 g/mol. The summed E-state index contributed by atoms with van der Waals surface area (Å²) in [6.07, 6.45) is 0. The van der Waals surface area contributed by atoms with Crippen LogP contribution in [-0.4, -0.2) is 13.1 Å². The van der Waals surface area contributed by atoms with Crippen molar-refractivity contribution in [2.45, 2.75) is 14.7 Å². The smallest absolute Gasteiger partial charge is 0.337 e. The molecule has 3 aromatic rings. The fourth-order valence-corrected chi connectivity index (χ4v) is 5.01. The maximum atomic E-state index is 13.8. The zero-order valence-corrected chi connectivity index (χ0v) is 14.2. The van der Waals surface area contributed by atoms with Crippen molar-refractivity contribution in [1.82, 2.24) is 0 Å². The lowest BCUT2D eigenvalue weighted by Gasteiger charge is -2.20. The second kappa shape index (κ2) is 6.26. The first-order valence-corrected chi connectivity index (χ1v) is 8.89. The molecule has 124 valence electrons. The minimum absolute atomic E-state index is 0.276. The van der Waals surface area contributed by atoms with E-state index in [1.165, 1.54) is 13.2 Å². The van der Waals surface area contributed by atoms with E-state index in [1.54, 1.807) is 24.3 Å². The molecule has 0 N–H and O–H groups in total. The molecule has 0 aromatic heterocycles. The minimum atomic E-state index is -0.509. The van der Waals surface area contributed by atoms with E-state index in [0.717, 1.165) is 14.7 Å². The number of rotatable bonds is 2. The molecular weight excluding hydrogens is 339 g/mol. The number of carbonyl (C=O) groups is 1. The Balaban J connectivity index is 1.91. The molecule has 0 saturated heterocycles. The highest BCUT2D eigenvalue weighted by Crippen LogP contribution is 2.47. The van der Waals surface area contributed by atoms with Gasteiger partial charge in [-0.05, 0) is 36.4 Å². The van der Waals surface area contributed by atoms with Crippen molar-refractivity contribution >= 4 is 16.9 Å². The highest BCUT2D eigenvalue weighted by atomic mass is 32.2. The number of methoxy groups -OCH3 is 1. The van der Waals surface area contributed by atoms with Crippen LogP contribution < -0.4 is 4.74 Å². The zero-order chi connectivity index (χ0) is 17.4. The first-order chi connectivity index (χ1) is 12.2. The highest BCUT2D eigenvalue weighted by molar-refractivity contribution is 7.97. The van der Waals surface area contributed by atoms with Gasteiger partial charge in [-0.25, -0.2) is 9.18 Å². The molecule has 0 amide bonds. The van der Waals surface area contributed by atoms with Crippen molar-refractivity contribution in [3.8, 4) is 11.5 Å². The van der Waals surface area contributed by atoms with Gasteiger partial charge in [0.05, 0.1) is 12.7 Å². The van der Waals surface area contributed by atoms with E-state index < -0.39 is 16.9 Å². The molecule has 4 rings (SSSR count). The van der Waals surface area contributed by atoms with Crippen molar-refractivity contribution < 1.29 is 18.7 Å². The van der Waals surface area contributed by atoms with E-state index in [0.29, 0.717) is 17.1 Å². The van der Waals surface area contributed by atoms with Gasteiger partial charge in [0.25, 0.3) is 0 Å². The molecule has 0 radical (unpaired) electrons. The molecule has 0 fully saturated rings. The summed E-state index contributed by atoms with van der Waals surface area (Å²) in [5, 5.41) is 0. The van der Waals surface area contributed by atoms with Crippen LogP contribution in [-0.2, 0) is 15.6 Å². The van der Waals surface area contributed by atoms with Crippen LogP contribution in [0.4, 0.5) is 4.39 Å². The number of hydrogen-bond acceptors (Lipinski definition) is 3. The Bertz CT molecular complexity index is 971. The van der Waals surface area contributed by atoms with Gasteiger partial charge in [0, 0.05) is 12.1 Å². The van der Waals surface area contributed by atoms with E-state index in [1.807, 2.05) is 36.4 Å². The maximum absolute atomic E-state index is 13.8. The molecule has 0 bridgehead atoms. The first-order valence-electron chi connectivity index (χ1n) is 7.66. The minimum Gasteiger partial charge on any atom is -0.465 e.